The van der Waals surface area contributed by atoms with Gasteiger partial charge in [0.05, 0.1) is 23.9 Å². The third-order valence-electron chi connectivity index (χ3n) is 2.76. The van der Waals surface area contributed by atoms with E-state index in [1.807, 2.05) is 30.3 Å². The Hall–Kier alpha value is -1.24. The van der Waals surface area contributed by atoms with Gasteiger partial charge in [0.2, 0.25) is 0 Å². The summed E-state index contributed by atoms with van der Waals surface area (Å²) in [6.07, 6.45) is 0.762. The first-order valence-corrected chi connectivity index (χ1v) is 8.53. The van der Waals surface area contributed by atoms with Gasteiger partial charge in [-0.15, -0.1) is 22.7 Å². The van der Waals surface area contributed by atoms with Crippen molar-refractivity contribution in [3.8, 4) is 0 Å². The van der Waals surface area contributed by atoms with Crippen LogP contribution >= 0.6 is 38.6 Å². The number of aromatic nitrogens is 1. The molecule has 1 amide bonds. The van der Waals surface area contributed by atoms with Crippen molar-refractivity contribution < 1.29 is 4.79 Å². The van der Waals surface area contributed by atoms with E-state index in [4.69, 9.17) is 0 Å². The van der Waals surface area contributed by atoms with Gasteiger partial charge >= 0.3 is 0 Å². The van der Waals surface area contributed by atoms with Gasteiger partial charge in [-0.2, -0.15) is 0 Å². The van der Waals surface area contributed by atoms with Crippen LogP contribution in [0.1, 0.15) is 14.7 Å². The van der Waals surface area contributed by atoms with E-state index >= 15 is 0 Å². The fourth-order valence-electron chi connectivity index (χ4n) is 1.83. The van der Waals surface area contributed by atoms with Gasteiger partial charge in [-0.25, -0.2) is 4.98 Å². The molecule has 2 heterocycles. The summed E-state index contributed by atoms with van der Waals surface area (Å²) >= 11 is 6.47. The molecule has 0 atom stereocenters. The zero-order valence-corrected chi connectivity index (χ0v) is 13.6. The largest absolute Gasteiger partial charge is 0.351 e. The Morgan fingerprint density at radius 2 is 2.05 bits per heavy atom. The minimum Gasteiger partial charge on any atom is -0.351 e. The van der Waals surface area contributed by atoms with Crippen LogP contribution in [-0.4, -0.2) is 17.4 Å². The van der Waals surface area contributed by atoms with E-state index in [1.165, 1.54) is 16.0 Å². The van der Waals surface area contributed by atoms with Crippen molar-refractivity contribution in [1.29, 1.82) is 0 Å². The molecule has 0 saturated heterocycles. The number of amides is 1. The van der Waals surface area contributed by atoms with E-state index in [-0.39, 0.29) is 5.91 Å². The van der Waals surface area contributed by atoms with Gasteiger partial charge in [-0.3, -0.25) is 4.79 Å². The van der Waals surface area contributed by atoms with Crippen LogP contribution in [-0.2, 0) is 6.42 Å². The lowest BCUT2D eigenvalue weighted by atomic mass is 10.3. The lowest BCUT2D eigenvalue weighted by Crippen LogP contribution is -2.24. The number of nitrogens with zero attached hydrogens (tertiary/aromatic N) is 1. The highest BCUT2D eigenvalue weighted by Gasteiger charge is 2.08. The highest BCUT2D eigenvalue weighted by atomic mass is 79.9. The third kappa shape index (κ3) is 3.08. The Morgan fingerprint density at radius 1 is 1.20 bits per heavy atom. The summed E-state index contributed by atoms with van der Waals surface area (Å²) in [5, 5.41) is 3.98. The fourth-order valence-corrected chi connectivity index (χ4v) is 4.10. The first-order valence-electron chi connectivity index (χ1n) is 6.10. The second-order valence-corrected chi connectivity index (χ2v) is 7.76. The molecule has 3 aromatic rings. The number of para-hydroxylation sites is 1. The molecule has 0 aliphatic heterocycles. The van der Waals surface area contributed by atoms with Crippen LogP contribution in [0.2, 0.25) is 0 Å². The van der Waals surface area contributed by atoms with Crippen molar-refractivity contribution in [2.45, 2.75) is 6.42 Å². The number of thiazole rings is 1. The first kappa shape index (κ1) is 13.7. The molecule has 6 heteroatoms. The molecule has 2 aromatic heterocycles. The molecule has 0 fully saturated rings. The Kier molecular flexibility index (Phi) is 4.14. The zero-order valence-electron chi connectivity index (χ0n) is 10.4. The fraction of sp³-hybridized carbons (Fsp3) is 0.143. The van der Waals surface area contributed by atoms with Crippen molar-refractivity contribution >= 4 is 54.7 Å². The SMILES string of the molecule is O=C(NCCc1nc2ccccc2s1)c1ccc(Br)s1. The van der Waals surface area contributed by atoms with Crippen LogP contribution in [0.4, 0.5) is 0 Å². The number of benzene rings is 1. The maximum atomic E-state index is 11.9. The third-order valence-corrected chi connectivity index (χ3v) is 5.48. The van der Waals surface area contributed by atoms with E-state index in [0.717, 1.165) is 25.6 Å². The Bertz CT molecular complexity index is 717. The molecular formula is C14H11BrN2OS2. The molecule has 0 aliphatic carbocycles. The maximum Gasteiger partial charge on any atom is 0.261 e. The lowest BCUT2D eigenvalue weighted by Gasteiger charge is -2.00. The second kappa shape index (κ2) is 6.03. The summed E-state index contributed by atoms with van der Waals surface area (Å²) in [5.41, 5.74) is 1.03. The normalized spacial score (nSPS) is 10.8. The van der Waals surface area contributed by atoms with Crippen LogP contribution in [0.15, 0.2) is 40.2 Å². The molecule has 0 saturated carbocycles. The summed E-state index contributed by atoms with van der Waals surface area (Å²) in [5.74, 6) is -0.0261. The molecule has 0 spiro atoms. The lowest BCUT2D eigenvalue weighted by molar-refractivity contribution is 0.0958. The van der Waals surface area contributed by atoms with E-state index in [2.05, 4.69) is 32.3 Å². The molecule has 0 bridgehead atoms. The van der Waals surface area contributed by atoms with E-state index in [9.17, 15) is 4.79 Å². The second-order valence-electron chi connectivity index (χ2n) is 4.18. The first-order chi connectivity index (χ1) is 9.72. The number of fused-ring (bicyclic) bond motifs is 1. The van der Waals surface area contributed by atoms with Crippen molar-refractivity contribution in [3.05, 3.63) is 50.1 Å². The molecule has 20 heavy (non-hydrogen) atoms. The van der Waals surface area contributed by atoms with Crippen molar-refractivity contribution in [3.63, 3.8) is 0 Å². The highest BCUT2D eigenvalue weighted by Crippen LogP contribution is 2.23. The minimum absolute atomic E-state index is 0.0261. The van der Waals surface area contributed by atoms with Crippen LogP contribution in [0.3, 0.4) is 0 Å². The number of carbonyl (C=O) groups is 1. The predicted octanol–water partition coefficient (Wildman–Crippen LogP) is 4.09. The van der Waals surface area contributed by atoms with Gasteiger partial charge in [-0.1, -0.05) is 12.1 Å². The van der Waals surface area contributed by atoms with Crippen LogP contribution in [0.5, 0.6) is 0 Å². The summed E-state index contributed by atoms with van der Waals surface area (Å²) < 4.78 is 2.16. The summed E-state index contributed by atoms with van der Waals surface area (Å²) in [7, 11) is 0. The average Bonchev–Trinajstić information content (AvgIpc) is 3.04. The van der Waals surface area contributed by atoms with Crippen molar-refractivity contribution in [2.24, 2.45) is 0 Å². The Labute approximate surface area is 132 Å². The quantitative estimate of drug-likeness (QED) is 0.755. The number of rotatable bonds is 4. The molecule has 1 aromatic carbocycles. The zero-order chi connectivity index (χ0) is 13.9. The predicted molar refractivity (Wildman–Crippen MR) is 87.7 cm³/mol. The molecular weight excluding hydrogens is 356 g/mol. The molecule has 0 unspecified atom stereocenters. The van der Waals surface area contributed by atoms with E-state index in [0.29, 0.717) is 6.54 Å². The number of hydrogen-bond donors (Lipinski definition) is 1. The number of carbonyl (C=O) groups excluding carboxylic acids is 1. The summed E-state index contributed by atoms with van der Waals surface area (Å²) in [4.78, 5) is 17.2. The number of hydrogen-bond acceptors (Lipinski definition) is 4. The van der Waals surface area contributed by atoms with Crippen molar-refractivity contribution in [1.82, 2.24) is 10.3 Å². The maximum absolute atomic E-state index is 11.9. The number of nitrogens with one attached hydrogen (secondary N) is 1. The van der Waals surface area contributed by atoms with Gasteiger partial charge < -0.3 is 5.32 Å². The van der Waals surface area contributed by atoms with Gasteiger partial charge in [0.15, 0.2) is 0 Å². The van der Waals surface area contributed by atoms with Crippen LogP contribution < -0.4 is 5.32 Å². The van der Waals surface area contributed by atoms with E-state index in [1.54, 1.807) is 11.3 Å². The smallest absolute Gasteiger partial charge is 0.261 e. The molecule has 3 rings (SSSR count). The topological polar surface area (TPSA) is 42.0 Å². The van der Waals surface area contributed by atoms with Crippen molar-refractivity contribution in [2.75, 3.05) is 6.54 Å². The molecule has 102 valence electrons. The van der Waals surface area contributed by atoms with Gasteiger partial charge in [0.25, 0.3) is 5.91 Å². The summed E-state index contributed by atoms with van der Waals surface area (Å²) in [6, 6.07) is 11.8. The minimum atomic E-state index is -0.0261. The molecule has 0 aliphatic rings. The molecule has 0 radical (unpaired) electrons. The Balaban J connectivity index is 1.58. The number of halogens is 1. The van der Waals surface area contributed by atoms with E-state index < -0.39 is 0 Å². The van der Waals surface area contributed by atoms with Gasteiger partial charge in [0.1, 0.15) is 0 Å². The molecule has 3 nitrogen and oxygen atoms in total. The monoisotopic (exact) mass is 366 g/mol. The Morgan fingerprint density at radius 3 is 2.80 bits per heavy atom. The average molecular weight is 367 g/mol. The number of thiophene rings is 1. The van der Waals surface area contributed by atoms with Crippen LogP contribution in [0, 0.1) is 0 Å². The molecule has 1 N–H and O–H groups in total. The standard InChI is InChI=1S/C14H11BrN2OS2/c15-12-6-5-11(19-12)14(18)16-8-7-13-17-9-3-1-2-4-10(9)20-13/h1-6H,7-8H2,(H,16,18). The highest BCUT2D eigenvalue weighted by molar-refractivity contribution is 9.11. The van der Waals surface area contributed by atoms with Crippen LogP contribution in [0.25, 0.3) is 10.2 Å². The van der Waals surface area contributed by atoms with Gasteiger partial charge in [-0.05, 0) is 40.2 Å². The van der Waals surface area contributed by atoms with Gasteiger partial charge in [0, 0.05) is 13.0 Å². The summed E-state index contributed by atoms with van der Waals surface area (Å²) in [6.45, 7) is 0.605.